The number of nitrogens with two attached hydrogens (primary N) is 2. The van der Waals surface area contributed by atoms with E-state index in [2.05, 4.69) is 9.88 Å². The third-order valence-electron chi connectivity index (χ3n) is 4.43. The van der Waals surface area contributed by atoms with Crippen LogP contribution in [0.15, 0.2) is 12.3 Å². The Bertz CT molecular complexity index is 599. The molecular formula is C16H25N5O2. The Morgan fingerprint density at radius 2 is 1.87 bits per heavy atom. The molecule has 0 aromatic carbocycles. The highest BCUT2D eigenvalue weighted by Crippen LogP contribution is 2.36. The van der Waals surface area contributed by atoms with E-state index in [1.807, 2.05) is 31.7 Å². The van der Waals surface area contributed by atoms with Gasteiger partial charge in [-0.3, -0.25) is 4.90 Å². The smallest absolute Gasteiger partial charge is 0.410 e. The molecule has 1 aromatic heterocycles. The fraction of sp³-hybridized carbons (Fsp3) is 0.625. The van der Waals surface area contributed by atoms with E-state index in [0.717, 1.165) is 31.6 Å². The van der Waals surface area contributed by atoms with E-state index < -0.39 is 5.60 Å². The number of hydrogen-bond acceptors (Lipinski definition) is 6. The molecule has 2 atom stereocenters. The van der Waals surface area contributed by atoms with Crippen LogP contribution in [0.2, 0.25) is 0 Å². The third kappa shape index (κ3) is 3.00. The van der Waals surface area contributed by atoms with Crippen molar-refractivity contribution >= 4 is 23.3 Å². The van der Waals surface area contributed by atoms with E-state index >= 15 is 0 Å². The average molecular weight is 319 g/mol. The Hall–Kier alpha value is -2.18. The molecule has 3 heterocycles. The van der Waals surface area contributed by atoms with Gasteiger partial charge in [0.15, 0.2) is 0 Å². The molecule has 4 N–H and O–H groups in total. The highest BCUT2D eigenvalue weighted by molar-refractivity contribution is 5.77. The largest absolute Gasteiger partial charge is 0.444 e. The number of nitrogens with zero attached hydrogens (tertiary/aromatic N) is 3. The van der Waals surface area contributed by atoms with Gasteiger partial charge in [0.05, 0.1) is 23.5 Å². The fourth-order valence-electron chi connectivity index (χ4n) is 3.47. The first-order valence-electron chi connectivity index (χ1n) is 8.02. The van der Waals surface area contributed by atoms with E-state index in [4.69, 9.17) is 16.2 Å². The summed E-state index contributed by atoms with van der Waals surface area (Å²) in [6.45, 7) is 7.16. The summed E-state index contributed by atoms with van der Waals surface area (Å²) >= 11 is 0. The second-order valence-electron chi connectivity index (χ2n) is 7.31. The van der Waals surface area contributed by atoms with Crippen molar-refractivity contribution in [3.63, 3.8) is 0 Å². The van der Waals surface area contributed by atoms with Gasteiger partial charge in [-0.05, 0) is 39.7 Å². The van der Waals surface area contributed by atoms with Crippen LogP contribution >= 0.6 is 0 Å². The minimum absolute atomic E-state index is 0.150. The maximum Gasteiger partial charge on any atom is 0.410 e. The summed E-state index contributed by atoms with van der Waals surface area (Å²) in [6, 6.07) is 2.18. The van der Waals surface area contributed by atoms with Gasteiger partial charge in [-0.2, -0.15) is 0 Å². The minimum atomic E-state index is -0.475. The lowest BCUT2D eigenvalue weighted by Crippen LogP contribution is -2.56. The van der Waals surface area contributed by atoms with E-state index in [9.17, 15) is 4.79 Å². The van der Waals surface area contributed by atoms with Crippen molar-refractivity contribution in [1.29, 1.82) is 0 Å². The molecular weight excluding hydrogens is 294 g/mol. The SMILES string of the molecule is CC(C)(C)OC(=O)N1C2CCC1CN(c1ccnc(N)c1N)C2. The van der Waals surface area contributed by atoms with Crippen molar-refractivity contribution in [3.8, 4) is 0 Å². The monoisotopic (exact) mass is 319 g/mol. The van der Waals surface area contributed by atoms with Gasteiger partial charge in [-0.25, -0.2) is 9.78 Å². The predicted molar refractivity (Wildman–Crippen MR) is 90.2 cm³/mol. The first-order valence-corrected chi connectivity index (χ1v) is 8.02. The Balaban J connectivity index is 1.77. The van der Waals surface area contributed by atoms with Crippen LogP contribution < -0.4 is 16.4 Å². The molecule has 2 aliphatic heterocycles. The van der Waals surface area contributed by atoms with Gasteiger partial charge in [0, 0.05) is 19.3 Å². The van der Waals surface area contributed by atoms with Gasteiger partial charge >= 0.3 is 6.09 Å². The fourth-order valence-corrected chi connectivity index (χ4v) is 3.47. The molecule has 2 bridgehead atoms. The van der Waals surface area contributed by atoms with Gasteiger partial charge in [0.25, 0.3) is 0 Å². The summed E-state index contributed by atoms with van der Waals surface area (Å²) in [6.07, 6.45) is 3.43. The van der Waals surface area contributed by atoms with Crippen LogP contribution in [0.5, 0.6) is 0 Å². The van der Waals surface area contributed by atoms with Gasteiger partial charge in [-0.15, -0.1) is 0 Å². The average Bonchev–Trinajstić information content (AvgIpc) is 2.71. The van der Waals surface area contributed by atoms with Crippen molar-refractivity contribution < 1.29 is 9.53 Å². The van der Waals surface area contributed by atoms with Crippen LogP contribution in [0, 0.1) is 0 Å². The first kappa shape index (κ1) is 15.7. The van der Waals surface area contributed by atoms with Gasteiger partial charge < -0.3 is 21.1 Å². The number of anilines is 3. The molecule has 7 nitrogen and oxygen atoms in total. The molecule has 3 rings (SSSR count). The number of nitrogen functional groups attached to an aromatic ring is 2. The zero-order valence-electron chi connectivity index (χ0n) is 14.0. The Labute approximate surface area is 136 Å². The predicted octanol–water partition coefficient (Wildman–Crippen LogP) is 1.83. The Morgan fingerprint density at radius 1 is 1.26 bits per heavy atom. The van der Waals surface area contributed by atoms with E-state index in [1.165, 1.54) is 0 Å². The van der Waals surface area contributed by atoms with Crippen molar-refractivity contribution in [2.45, 2.75) is 51.3 Å². The lowest BCUT2D eigenvalue weighted by Gasteiger charge is -2.42. The van der Waals surface area contributed by atoms with E-state index in [1.54, 1.807) is 6.20 Å². The molecule has 1 amide bonds. The first-order chi connectivity index (χ1) is 10.8. The minimum Gasteiger partial charge on any atom is -0.444 e. The highest BCUT2D eigenvalue weighted by Gasteiger charge is 2.44. The summed E-state index contributed by atoms with van der Waals surface area (Å²) in [5, 5.41) is 0. The quantitative estimate of drug-likeness (QED) is 0.819. The van der Waals surface area contributed by atoms with Gasteiger partial charge in [-0.1, -0.05) is 0 Å². The number of hydrogen-bond donors (Lipinski definition) is 2. The summed E-state index contributed by atoms with van der Waals surface area (Å²) in [7, 11) is 0. The molecule has 0 saturated carbocycles. The summed E-state index contributed by atoms with van der Waals surface area (Å²) in [5.74, 6) is 0.351. The van der Waals surface area contributed by atoms with Crippen molar-refractivity contribution in [2.75, 3.05) is 29.5 Å². The molecule has 23 heavy (non-hydrogen) atoms. The number of pyridine rings is 1. The van der Waals surface area contributed by atoms with Gasteiger partial charge in [0.2, 0.25) is 0 Å². The zero-order chi connectivity index (χ0) is 16.8. The van der Waals surface area contributed by atoms with Crippen LogP contribution in [-0.2, 0) is 4.74 Å². The van der Waals surface area contributed by atoms with Crippen molar-refractivity contribution in [1.82, 2.24) is 9.88 Å². The molecule has 0 spiro atoms. The number of fused-ring (bicyclic) bond motifs is 2. The number of rotatable bonds is 1. The van der Waals surface area contributed by atoms with E-state index in [-0.39, 0.29) is 18.2 Å². The van der Waals surface area contributed by atoms with Crippen LogP contribution in [-0.4, -0.2) is 46.8 Å². The number of amides is 1. The topological polar surface area (TPSA) is 97.7 Å². The second kappa shape index (κ2) is 5.47. The number of carbonyl (C=O) groups excluding carboxylic acids is 1. The van der Waals surface area contributed by atoms with Crippen LogP contribution in [0.25, 0.3) is 0 Å². The number of piperazine rings is 1. The van der Waals surface area contributed by atoms with Crippen LogP contribution in [0.1, 0.15) is 33.6 Å². The van der Waals surface area contributed by atoms with Crippen molar-refractivity contribution in [3.05, 3.63) is 12.3 Å². The molecule has 2 fully saturated rings. The van der Waals surface area contributed by atoms with Gasteiger partial charge in [0.1, 0.15) is 11.4 Å². The second-order valence-corrected chi connectivity index (χ2v) is 7.31. The molecule has 2 unspecified atom stereocenters. The maximum atomic E-state index is 12.5. The number of aromatic nitrogens is 1. The Kier molecular flexibility index (Phi) is 3.74. The standard InChI is InChI=1S/C16H25N5O2/c1-16(2,3)23-15(22)21-10-4-5-11(21)9-20(8-10)12-6-7-19-14(18)13(12)17/h6-7,10-11H,4-5,8-9,17H2,1-3H3,(H2,18,19). The number of carbonyl (C=O) groups is 1. The van der Waals surface area contributed by atoms with Crippen molar-refractivity contribution in [2.24, 2.45) is 0 Å². The summed E-state index contributed by atoms with van der Waals surface area (Å²) in [4.78, 5) is 20.6. The summed E-state index contributed by atoms with van der Waals surface area (Å²) in [5.41, 5.74) is 12.8. The molecule has 0 radical (unpaired) electrons. The lowest BCUT2D eigenvalue weighted by atomic mass is 10.1. The highest BCUT2D eigenvalue weighted by atomic mass is 16.6. The van der Waals surface area contributed by atoms with Crippen LogP contribution in [0.3, 0.4) is 0 Å². The van der Waals surface area contributed by atoms with E-state index in [0.29, 0.717) is 11.5 Å². The molecule has 126 valence electrons. The van der Waals surface area contributed by atoms with Crippen LogP contribution in [0.4, 0.5) is 22.0 Å². The summed E-state index contributed by atoms with van der Waals surface area (Å²) < 4.78 is 5.56. The molecule has 0 aliphatic carbocycles. The molecule has 1 aromatic rings. The maximum absolute atomic E-state index is 12.5. The third-order valence-corrected chi connectivity index (χ3v) is 4.43. The molecule has 2 aliphatic rings. The zero-order valence-corrected chi connectivity index (χ0v) is 14.0. The molecule has 2 saturated heterocycles. The molecule has 7 heteroatoms. The number of ether oxygens (including phenoxy) is 1. The lowest BCUT2D eigenvalue weighted by molar-refractivity contribution is 0.0123. The Morgan fingerprint density at radius 3 is 2.43 bits per heavy atom. The normalized spacial score (nSPS) is 24.0.